The molecule has 0 unspecified atom stereocenters. The summed E-state index contributed by atoms with van der Waals surface area (Å²) >= 11 is 0. The Morgan fingerprint density at radius 3 is 2.29 bits per heavy atom. The van der Waals surface area contributed by atoms with Crippen LogP contribution in [0.4, 0.5) is 0 Å². The first-order chi connectivity index (χ1) is 6.62. The third-order valence-corrected chi connectivity index (χ3v) is 4.41. The molecule has 0 aromatic rings. The average Bonchev–Trinajstić information content (AvgIpc) is 2.14. The van der Waals surface area contributed by atoms with Gasteiger partial charge >= 0.3 is 0 Å². The molecule has 14 heavy (non-hydrogen) atoms. The van der Waals surface area contributed by atoms with E-state index in [1.54, 1.807) is 4.90 Å². The Morgan fingerprint density at radius 1 is 1.29 bits per heavy atom. The Hall–Kier alpha value is -0.420. The SMILES string of the molecule is NC1(C(=O)N2CCS(=O)CC2)CCC1. The molecule has 1 aliphatic carbocycles. The van der Waals surface area contributed by atoms with E-state index in [4.69, 9.17) is 5.73 Å². The molecule has 1 amide bonds. The van der Waals surface area contributed by atoms with Gasteiger partial charge in [-0.15, -0.1) is 0 Å². The summed E-state index contributed by atoms with van der Waals surface area (Å²) in [5, 5.41) is 0. The van der Waals surface area contributed by atoms with Crippen LogP contribution in [0.15, 0.2) is 0 Å². The standard InChI is InChI=1S/C9H16N2O2S/c10-9(2-1-3-9)8(12)11-4-6-14(13)7-5-11/h1-7,10H2. The Bertz CT molecular complexity index is 266. The Balaban J connectivity index is 1.95. The van der Waals surface area contributed by atoms with E-state index in [0.29, 0.717) is 24.6 Å². The number of carbonyl (C=O) groups excluding carboxylic acids is 1. The zero-order chi connectivity index (χ0) is 10.2. The highest BCUT2D eigenvalue weighted by Crippen LogP contribution is 2.31. The quantitative estimate of drug-likeness (QED) is 0.640. The number of nitrogens with two attached hydrogens (primary N) is 1. The molecule has 0 bridgehead atoms. The van der Waals surface area contributed by atoms with Gasteiger partial charge < -0.3 is 10.6 Å². The molecule has 2 fully saturated rings. The summed E-state index contributed by atoms with van der Waals surface area (Å²) in [6.07, 6.45) is 2.68. The number of hydrogen-bond donors (Lipinski definition) is 1. The predicted octanol–water partition coefficient (Wildman–Crippen LogP) is -0.541. The minimum Gasteiger partial charge on any atom is -0.339 e. The van der Waals surface area contributed by atoms with Crippen LogP contribution < -0.4 is 5.73 Å². The van der Waals surface area contributed by atoms with E-state index in [-0.39, 0.29) is 5.91 Å². The molecule has 0 aromatic carbocycles. The van der Waals surface area contributed by atoms with Gasteiger partial charge in [0.1, 0.15) is 0 Å². The molecule has 4 nitrogen and oxygen atoms in total. The number of amides is 1. The lowest BCUT2D eigenvalue weighted by Gasteiger charge is -2.41. The van der Waals surface area contributed by atoms with E-state index < -0.39 is 16.3 Å². The highest BCUT2D eigenvalue weighted by atomic mass is 32.2. The molecule has 0 aromatic heterocycles. The summed E-state index contributed by atoms with van der Waals surface area (Å²) in [5.74, 6) is 1.30. The van der Waals surface area contributed by atoms with Crippen molar-refractivity contribution in [3.63, 3.8) is 0 Å². The first-order valence-corrected chi connectivity index (χ1v) is 6.54. The molecule has 2 N–H and O–H groups in total. The summed E-state index contributed by atoms with van der Waals surface area (Å²) in [5.41, 5.74) is 5.36. The fraction of sp³-hybridized carbons (Fsp3) is 0.889. The first-order valence-electron chi connectivity index (χ1n) is 5.05. The lowest BCUT2D eigenvalue weighted by molar-refractivity contribution is -0.139. The molecule has 2 aliphatic rings. The van der Waals surface area contributed by atoms with Gasteiger partial charge in [-0.05, 0) is 19.3 Å². The van der Waals surface area contributed by atoms with Crippen molar-refractivity contribution in [3.05, 3.63) is 0 Å². The number of hydrogen-bond acceptors (Lipinski definition) is 3. The number of nitrogens with zero attached hydrogens (tertiary/aromatic N) is 1. The number of rotatable bonds is 1. The summed E-state index contributed by atoms with van der Waals surface area (Å²) in [4.78, 5) is 13.7. The molecule has 2 rings (SSSR count). The van der Waals surface area contributed by atoms with Crippen LogP contribution in [0.5, 0.6) is 0 Å². The molecule has 1 aliphatic heterocycles. The van der Waals surface area contributed by atoms with E-state index >= 15 is 0 Å². The first kappa shape index (κ1) is 10.1. The smallest absolute Gasteiger partial charge is 0.242 e. The molecule has 0 spiro atoms. The predicted molar refractivity (Wildman–Crippen MR) is 55.2 cm³/mol. The van der Waals surface area contributed by atoms with E-state index in [1.807, 2.05) is 0 Å². The summed E-state index contributed by atoms with van der Waals surface area (Å²) in [6.45, 7) is 1.23. The maximum atomic E-state index is 11.9. The lowest BCUT2D eigenvalue weighted by Crippen LogP contribution is -2.61. The highest BCUT2D eigenvalue weighted by molar-refractivity contribution is 7.85. The Labute approximate surface area is 86.3 Å². The topological polar surface area (TPSA) is 63.4 Å². The van der Waals surface area contributed by atoms with E-state index in [2.05, 4.69) is 0 Å². The van der Waals surface area contributed by atoms with Crippen molar-refractivity contribution < 1.29 is 9.00 Å². The Kier molecular flexibility index (Phi) is 2.62. The molecule has 80 valence electrons. The molecule has 1 saturated carbocycles. The minimum absolute atomic E-state index is 0.0699. The zero-order valence-electron chi connectivity index (χ0n) is 8.20. The second-order valence-corrected chi connectivity index (χ2v) is 5.85. The van der Waals surface area contributed by atoms with Gasteiger partial charge in [0.15, 0.2) is 0 Å². The highest BCUT2D eigenvalue weighted by Gasteiger charge is 2.43. The van der Waals surface area contributed by atoms with Crippen molar-refractivity contribution in [1.82, 2.24) is 4.90 Å². The minimum atomic E-state index is -0.723. The van der Waals surface area contributed by atoms with Crippen LogP contribution in [0.3, 0.4) is 0 Å². The van der Waals surface area contributed by atoms with Gasteiger partial charge in [-0.1, -0.05) is 0 Å². The summed E-state index contributed by atoms with van der Waals surface area (Å²) in [6, 6.07) is 0. The van der Waals surface area contributed by atoms with Crippen LogP contribution in [-0.2, 0) is 15.6 Å². The maximum Gasteiger partial charge on any atom is 0.242 e. The van der Waals surface area contributed by atoms with Crippen molar-refractivity contribution in [1.29, 1.82) is 0 Å². The maximum absolute atomic E-state index is 11.9. The van der Waals surface area contributed by atoms with Crippen molar-refractivity contribution in [3.8, 4) is 0 Å². The third-order valence-electron chi connectivity index (χ3n) is 3.14. The van der Waals surface area contributed by atoms with Gasteiger partial charge in [-0.3, -0.25) is 9.00 Å². The molecule has 5 heteroatoms. The second-order valence-electron chi connectivity index (χ2n) is 4.15. The summed E-state index contributed by atoms with van der Waals surface area (Å²) in [7, 11) is -0.723. The van der Waals surface area contributed by atoms with Crippen LogP contribution in [0.25, 0.3) is 0 Å². The summed E-state index contributed by atoms with van der Waals surface area (Å²) < 4.78 is 11.1. The lowest BCUT2D eigenvalue weighted by atomic mass is 9.76. The van der Waals surface area contributed by atoms with Gasteiger partial charge in [-0.25, -0.2) is 0 Å². The molecule has 0 radical (unpaired) electrons. The molecule has 1 saturated heterocycles. The monoisotopic (exact) mass is 216 g/mol. The van der Waals surface area contributed by atoms with E-state index in [9.17, 15) is 9.00 Å². The van der Waals surface area contributed by atoms with Crippen LogP contribution >= 0.6 is 0 Å². The van der Waals surface area contributed by atoms with Crippen molar-refractivity contribution in [2.75, 3.05) is 24.6 Å². The number of carbonyl (C=O) groups is 1. The average molecular weight is 216 g/mol. The van der Waals surface area contributed by atoms with Gasteiger partial charge in [0, 0.05) is 35.4 Å². The van der Waals surface area contributed by atoms with Crippen molar-refractivity contribution >= 4 is 16.7 Å². The zero-order valence-corrected chi connectivity index (χ0v) is 9.02. The van der Waals surface area contributed by atoms with Gasteiger partial charge in [-0.2, -0.15) is 0 Å². The largest absolute Gasteiger partial charge is 0.339 e. The van der Waals surface area contributed by atoms with Crippen molar-refractivity contribution in [2.24, 2.45) is 5.73 Å². The molecule has 1 heterocycles. The second kappa shape index (κ2) is 3.62. The van der Waals surface area contributed by atoms with Crippen LogP contribution in [0, 0.1) is 0 Å². The van der Waals surface area contributed by atoms with Gasteiger partial charge in [0.2, 0.25) is 5.91 Å². The van der Waals surface area contributed by atoms with Gasteiger partial charge in [0.25, 0.3) is 0 Å². The van der Waals surface area contributed by atoms with E-state index in [0.717, 1.165) is 19.3 Å². The van der Waals surface area contributed by atoms with Crippen LogP contribution in [0.2, 0.25) is 0 Å². The molecular formula is C9H16N2O2S. The van der Waals surface area contributed by atoms with Gasteiger partial charge in [0.05, 0.1) is 5.54 Å². The Morgan fingerprint density at radius 2 is 1.86 bits per heavy atom. The van der Waals surface area contributed by atoms with Crippen LogP contribution in [0.1, 0.15) is 19.3 Å². The molecule has 0 atom stereocenters. The fourth-order valence-electron chi connectivity index (χ4n) is 1.93. The van der Waals surface area contributed by atoms with E-state index in [1.165, 1.54) is 0 Å². The fourth-order valence-corrected chi connectivity index (χ4v) is 2.98. The van der Waals surface area contributed by atoms with Crippen LogP contribution in [-0.4, -0.2) is 45.2 Å². The third kappa shape index (κ3) is 1.70. The molecular weight excluding hydrogens is 200 g/mol. The normalized spacial score (nSPS) is 27.1. The van der Waals surface area contributed by atoms with Crippen molar-refractivity contribution in [2.45, 2.75) is 24.8 Å².